The minimum Gasteiger partial charge on any atom is -0.547 e. The molecule has 0 radical (unpaired) electrons. The van der Waals surface area contributed by atoms with Crippen molar-refractivity contribution in [2.24, 2.45) is 0 Å². The minimum atomic E-state index is -2.31. The van der Waals surface area contributed by atoms with E-state index in [9.17, 15) is 59.4 Å². The van der Waals surface area contributed by atoms with Crippen LogP contribution in [0.5, 0.6) is 0 Å². The Morgan fingerprint density at radius 2 is 0.278 bits per heavy atom. The summed E-state index contributed by atoms with van der Waals surface area (Å²) >= 11 is 0. The zero-order chi connectivity index (χ0) is 63.6. The molecule has 0 heterocycles. The van der Waals surface area contributed by atoms with Crippen LogP contribution in [0.2, 0.25) is 0 Å². The van der Waals surface area contributed by atoms with Crippen molar-refractivity contribution in [2.75, 3.05) is 39.6 Å². The molecule has 0 aromatic rings. The SMILES string of the molecule is O=C([O-])[C@H](O)[C@@H](O)[C@H](O)[C@H](O)CO.O=C([O-])[C@H](O)[C@@H](O)[C@H](O)[C@H](O)CO.O=C([O-])[C@H](O)[C@@H](O)[C@H](O)[C@H](O)CO.O=C([O-])[C@H](O)[C@@H](O)[C@H](O)[C@H](O)CO.O=C([O-])[C@H](O)[C@@H](O)[C@H](O)[C@H](O)CO.O=C([O-])[C@H](O)[C@@H](O)[C@H](O)[C@H](O)CO.[Mo]. The van der Waals surface area contributed by atoms with Gasteiger partial charge in [-0.1, -0.05) is 0 Å². The van der Waals surface area contributed by atoms with E-state index in [-0.39, 0.29) is 21.1 Å². The Labute approximate surface area is 454 Å². The molecule has 0 aromatic heterocycles. The molecule has 474 valence electrons. The summed E-state index contributed by atoms with van der Waals surface area (Å²) in [7, 11) is 0. The van der Waals surface area contributed by atoms with Gasteiger partial charge in [-0.05, 0) is 0 Å². The summed E-state index contributed by atoms with van der Waals surface area (Å²) in [5.74, 6) is -11.9. The van der Waals surface area contributed by atoms with E-state index in [4.69, 9.17) is 153 Å². The van der Waals surface area contributed by atoms with Crippen LogP contribution in [0, 0.1) is 0 Å². The minimum absolute atomic E-state index is 0. The number of aliphatic hydroxyl groups is 30. The largest absolute Gasteiger partial charge is 0.547 e. The standard InChI is InChI=1S/6C6H12O7.Mo/c6*7-1-2(8)3(9)4(10)5(11)6(12)13;/h6*2-5,7-11H,1H2,(H,12,13);/p-6/t6*2-,3-,4+,5-;/m111111./s1. The van der Waals surface area contributed by atoms with Crippen molar-refractivity contribution < 1.29 is 234 Å². The number of aliphatic hydroxyl groups excluding tert-OH is 30. The Bertz CT molecular complexity index is 1320. The molecule has 0 fully saturated rings. The molecular formula is C36H66MoO42-6. The number of carboxylic acids is 6. The molecule has 0 aliphatic rings. The van der Waals surface area contributed by atoms with Crippen LogP contribution in [0.15, 0.2) is 0 Å². The van der Waals surface area contributed by atoms with Crippen LogP contribution >= 0.6 is 0 Å². The van der Waals surface area contributed by atoms with Gasteiger partial charge in [-0.15, -0.1) is 0 Å². The summed E-state index contributed by atoms with van der Waals surface area (Å²) in [5, 5.41) is 321. The number of rotatable bonds is 30. The van der Waals surface area contributed by atoms with Gasteiger partial charge in [0.1, 0.15) is 146 Å². The van der Waals surface area contributed by atoms with Gasteiger partial charge in [0, 0.05) is 21.1 Å². The number of carbonyl (C=O) groups is 6. The van der Waals surface area contributed by atoms with Gasteiger partial charge in [-0.2, -0.15) is 0 Å². The fourth-order valence-electron chi connectivity index (χ4n) is 3.97. The summed E-state index contributed by atoms with van der Waals surface area (Å²) in [6, 6.07) is 0. The smallest absolute Gasteiger partial charge is 0.122 e. The Morgan fingerprint density at radius 3 is 0.329 bits per heavy atom. The van der Waals surface area contributed by atoms with E-state index >= 15 is 0 Å². The first-order valence-corrected chi connectivity index (χ1v) is 20.7. The van der Waals surface area contributed by atoms with Crippen LogP contribution in [-0.4, -0.2) is 375 Å². The fourth-order valence-corrected chi connectivity index (χ4v) is 3.97. The fraction of sp³-hybridized carbons (Fsp3) is 0.833. The molecule has 0 aliphatic carbocycles. The first-order chi connectivity index (χ1) is 35.5. The van der Waals surface area contributed by atoms with Crippen LogP contribution < -0.4 is 30.6 Å². The van der Waals surface area contributed by atoms with Crippen molar-refractivity contribution in [2.45, 2.75) is 146 Å². The topological polar surface area (TPSA) is 848 Å². The molecule has 24 atom stereocenters. The predicted molar refractivity (Wildman–Crippen MR) is 217 cm³/mol. The summed E-state index contributed by atoms with van der Waals surface area (Å²) in [5.41, 5.74) is 0. The van der Waals surface area contributed by atoms with Gasteiger partial charge >= 0.3 is 0 Å². The second-order valence-corrected chi connectivity index (χ2v) is 15.0. The van der Waals surface area contributed by atoms with Crippen molar-refractivity contribution in [3.05, 3.63) is 0 Å². The van der Waals surface area contributed by atoms with E-state index in [1.807, 2.05) is 0 Å². The Hall–Kier alpha value is -3.69. The monoisotopic (exact) mass is 1270 g/mol. The first kappa shape index (κ1) is 89.1. The first-order valence-electron chi connectivity index (χ1n) is 20.7. The maximum Gasteiger partial charge on any atom is 0.122 e. The van der Waals surface area contributed by atoms with E-state index in [1.54, 1.807) is 0 Å². The third kappa shape index (κ3) is 35.7. The van der Waals surface area contributed by atoms with Gasteiger partial charge in [0.15, 0.2) is 0 Å². The third-order valence-corrected chi connectivity index (χ3v) is 8.98. The average molecular weight is 1270 g/mol. The summed E-state index contributed by atoms with van der Waals surface area (Å²) < 4.78 is 0. The van der Waals surface area contributed by atoms with Crippen molar-refractivity contribution in [1.82, 2.24) is 0 Å². The Morgan fingerprint density at radius 1 is 0.203 bits per heavy atom. The molecule has 0 aliphatic heterocycles. The zero-order valence-electron chi connectivity index (χ0n) is 39.8. The van der Waals surface area contributed by atoms with Crippen LogP contribution in [0.1, 0.15) is 0 Å². The van der Waals surface area contributed by atoms with Crippen LogP contribution in [0.3, 0.4) is 0 Å². The summed E-state index contributed by atoms with van der Waals surface area (Å²) in [6.45, 7) is -5.18. The molecule has 0 aromatic carbocycles. The third-order valence-electron chi connectivity index (χ3n) is 8.98. The quantitative estimate of drug-likeness (QED) is 0.0297. The number of hydrogen-bond donors (Lipinski definition) is 30. The molecule has 79 heavy (non-hydrogen) atoms. The van der Waals surface area contributed by atoms with Crippen molar-refractivity contribution in [3.63, 3.8) is 0 Å². The van der Waals surface area contributed by atoms with Gasteiger partial charge in [0.25, 0.3) is 0 Å². The molecular weight excluding hydrogens is 1200 g/mol. The molecule has 0 spiro atoms. The van der Waals surface area contributed by atoms with E-state index in [0.717, 1.165) is 0 Å². The summed E-state index contributed by atoms with van der Waals surface area (Å²) in [4.78, 5) is 59.9. The molecule has 0 saturated heterocycles. The second-order valence-electron chi connectivity index (χ2n) is 15.0. The zero-order valence-corrected chi connectivity index (χ0v) is 41.8. The van der Waals surface area contributed by atoms with Gasteiger partial charge < -0.3 is 213 Å². The second kappa shape index (κ2) is 46.9. The number of carboxylic acid groups (broad SMARTS) is 6. The maximum atomic E-state index is 9.98. The molecule has 0 bridgehead atoms. The number of carbonyl (C=O) groups excluding carboxylic acids is 6. The van der Waals surface area contributed by atoms with Gasteiger partial charge in [0.2, 0.25) is 0 Å². The molecule has 30 N–H and O–H groups in total. The predicted octanol–water partition coefficient (Wildman–Crippen LogP) is -29.0. The van der Waals surface area contributed by atoms with Crippen molar-refractivity contribution >= 4 is 35.8 Å². The Balaban J connectivity index is -0.000000157. The average Bonchev–Trinajstić information content (AvgIpc) is 3.42. The van der Waals surface area contributed by atoms with Crippen LogP contribution in [0.4, 0.5) is 0 Å². The van der Waals surface area contributed by atoms with E-state index in [2.05, 4.69) is 0 Å². The maximum absolute atomic E-state index is 9.98. The summed E-state index contributed by atoms with van der Waals surface area (Å²) in [6.07, 6.45) is -48.5. The molecule has 42 nitrogen and oxygen atoms in total. The number of aliphatic carboxylic acids is 6. The Kier molecular flexibility index (Phi) is 52.9. The normalized spacial score (nSPS) is 20.1. The molecule has 0 rings (SSSR count). The molecule has 0 saturated carbocycles. The molecule has 0 unspecified atom stereocenters. The van der Waals surface area contributed by atoms with E-state index < -0.39 is 222 Å². The van der Waals surface area contributed by atoms with Gasteiger partial charge in [-0.3, -0.25) is 0 Å². The van der Waals surface area contributed by atoms with E-state index in [1.165, 1.54) is 0 Å². The van der Waals surface area contributed by atoms with E-state index in [0.29, 0.717) is 0 Å². The number of hydrogen-bond acceptors (Lipinski definition) is 42. The van der Waals surface area contributed by atoms with Crippen molar-refractivity contribution in [1.29, 1.82) is 0 Å². The van der Waals surface area contributed by atoms with Crippen LogP contribution in [-0.2, 0) is 49.8 Å². The van der Waals surface area contributed by atoms with Gasteiger partial charge in [0.05, 0.1) is 75.5 Å². The molecule has 43 heteroatoms. The van der Waals surface area contributed by atoms with Crippen LogP contribution in [0.25, 0.3) is 0 Å². The van der Waals surface area contributed by atoms with Crippen molar-refractivity contribution in [3.8, 4) is 0 Å². The molecule has 0 amide bonds. The van der Waals surface area contributed by atoms with Gasteiger partial charge in [-0.25, -0.2) is 0 Å².